The van der Waals surface area contributed by atoms with Gasteiger partial charge in [-0.1, -0.05) is 0 Å². The fraction of sp³-hybridized carbons (Fsp3) is 0.538. The van der Waals surface area contributed by atoms with Crippen LogP contribution in [0.15, 0.2) is 24.3 Å². The van der Waals surface area contributed by atoms with Crippen LogP contribution >= 0.6 is 0 Å². The molecule has 1 saturated heterocycles. The summed E-state index contributed by atoms with van der Waals surface area (Å²) in [5, 5.41) is 0. The molecular weight excluding hydrogens is 186 g/mol. The maximum absolute atomic E-state index is 5.18. The Morgan fingerprint density at radius 3 is 2.53 bits per heavy atom. The maximum Gasteiger partial charge on any atom is 0.119 e. The monoisotopic (exact) mass is 203 g/mol. The van der Waals surface area contributed by atoms with Gasteiger partial charge in [0.1, 0.15) is 5.75 Å². The lowest BCUT2D eigenvalue weighted by atomic mass is 10.1. The number of benzene rings is 1. The van der Waals surface area contributed by atoms with Gasteiger partial charge in [0.2, 0.25) is 0 Å². The third-order valence-electron chi connectivity index (χ3n) is 3.81. The smallest absolute Gasteiger partial charge is 0.119 e. The van der Waals surface area contributed by atoms with Crippen molar-refractivity contribution in [3.8, 4) is 5.75 Å². The van der Waals surface area contributed by atoms with Crippen LogP contribution < -0.4 is 9.64 Å². The molecule has 3 rings (SSSR count). The van der Waals surface area contributed by atoms with Crippen LogP contribution in [0.1, 0.15) is 19.3 Å². The summed E-state index contributed by atoms with van der Waals surface area (Å²) in [6.45, 7) is 1.26. The van der Waals surface area contributed by atoms with Gasteiger partial charge in [-0.25, -0.2) is 0 Å². The molecule has 0 amide bonds. The molecule has 0 N–H and O–H groups in total. The number of methoxy groups -OCH3 is 1. The quantitative estimate of drug-likeness (QED) is 0.732. The number of ether oxygens (including phenoxy) is 1. The summed E-state index contributed by atoms with van der Waals surface area (Å²) < 4.78 is 5.18. The summed E-state index contributed by atoms with van der Waals surface area (Å²) in [7, 11) is 1.72. The van der Waals surface area contributed by atoms with Gasteiger partial charge in [-0.15, -0.1) is 0 Å². The minimum atomic E-state index is 0.809. The average molecular weight is 203 g/mol. The number of nitrogens with zero attached hydrogens (tertiary/aromatic N) is 1. The first-order chi connectivity index (χ1) is 7.36. The van der Waals surface area contributed by atoms with Crippen LogP contribution in [0.2, 0.25) is 0 Å². The summed E-state index contributed by atoms with van der Waals surface area (Å²) in [5.41, 5.74) is 1.36. The van der Waals surface area contributed by atoms with E-state index in [1.54, 1.807) is 7.11 Å². The van der Waals surface area contributed by atoms with Crippen LogP contribution in [-0.2, 0) is 0 Å². The Kier molecular flexibility index (Phi) is 2.08. The van der Waals surface area contributed by atoms with Gasteiger partial charge in [0, 0.05) is 18.3 Å². The second-order valence-electron chi connectivity index (χ2n) is 4.68. The van der Waals surface area contributed by atoms with Crippen LogP contribution in [-0.4, -0.2) is 19.7 Å². The van der Waals surface area contributed by atoms with Gasteiger partial charge in [-0.2, -0.15) is 0 Å². The van der Waals surface area contributed by atoms with Crippen molar-refractivity contribution in [2.45, 2.75) is 25.3 Å². The van der Waals surface area contributed by atoms with E-state index in [-0.39, 0.29) is 0 Å². The first kappa shape index (κ1) is 9.08. The van der Waals surface area contributed by atoms with Crippen molar-refractivity contribution >= 4 is 5.69 Å². The summed E-state index contributed by atoms with van der Waals surface area (Å²) in [4.78, 5) is 2.56. The Morgan fingerprint density at radius 1 is 1.20 bits per heavy atom. The molecule has 0 aromatic heterocycles. The standard InChI is InChI=1S/C13H17NO/c1-15-13-6-4-11(5-7-13)14-9-10-2-3-12(14)8-10/h4-7,10,12H,2-3,8-9H2,1H3/t10-,12+/m0/s1. The Hall–Kier alpha value is -1.18. The summed E-state index contributed by atoms with van der Waals surface area (Å²) in [6, 6.07) is 9.28. The third-order valence-corrected chi connectivity index (χ3v) is 3.81. The van der Waals surface area contributed by atoms with Crippen molar-refractivity contribution in [3.05, 3.63) is 24.3 Å². The molecular formula is C13H17NO. The highest BCUT2D eigenvalue weighted by Crippen LogP contribution is 2.40. The van der Waals surface area contributed by atoms with Crippen molar-refractivity contribution in [3.63, 3.8) is 0 Å². The topological polar surface area (TPSA) is 12.5 Å². The number of rotatable bonds is 2. The van der Waals surface area contributed by atoms with Gasteiger partial charge in [-0.3, -0.25) is 0 Å². The second-order valence-corrected chi connectivity index (χ2v) is 4.68. The molecule has 80 valence electrons. The van der Waals surface area contributed by atoms with E-state index >= 15 is 0 Å². The molecule has 1 aromatic carbocycles. The number of hydrogen-bond acceptors (Lipinski definition) is 2. The van der Waals surface area contributed by atoms with Gasteiger partial charge in [-0.05, 0) is 49.4 Å². The number of anilines is 1. The summed E-state index contributed by atoms with van der Waals surface area (Å²) in [6.07, 6.45) is 4.24. The average Bonchev–Trinajstić information content (AvgIpc) is 2.91. The SMILES string of the molecule is COc1ccc(N2C[C@H]3CC[C@@H]2C3)cc1. The van der Waals surface area contributed by atoms with E-state index < -0.39 is 0 Å². The van der Waals surface area contributed by atoms with Crippen LogP contribution in [0.3, 0.4) is 0 Å². The van der Waals surface area contributed by atoms with Crippen molar-refractivity contribution in [1.29, 1.82) is 0 Å². The number of piperidine rings is 1. The van der Waals surface area contributed by atoms with E-state index in [1.165, 1.54) is 31.5 Å². The van der Waals surface area contributed by atoms with Gasteiger partial charge in [0.15, 0.2) is 0 Å². The lowest BCUT2D eigenvalue weighted by molar-refractivity contribution is 0.414. The predicted octanol–water partition coefficient (Wildman–Crippen LogP) is 2.68. The Balaban J connectivity index is 1.81. The zero-order valence-electron chi connectivity index (χ0n) is 9.15. The third kappa shape index (κ3) is 1.48. The van der Waals surface area contributed by atoms with E-state index in [0.717, 1.165) is 17.7 Å². The van der Waals surface area contributed by atoms with Gasteiger partial charge in [0.05, 0.1) is 7.11 Å². The maximum atomic E-state index is 5.18. The predicted molar refractivity (Wildman–Crippen MR) is 61.5 cm³/mol. The molecule has 2 aliphatic rings. The molecule has 1 heterocycles. The van der Waals surface area contributed by atoms with Crippen molar-refractivity contribution in [1.82, 2.24) is 0 Å². The Labute approximate surface area is 90.8 Å². The van der Waals surface area contributed by atoms with E-state index in [2.05, 4.69) is 29.2 Å². The van der Waals surface area contributed by atoms with Crippen molar-refractivity contribution in [2.24, 2.45) is 5.92 Å². The second kappa shape index (κ2) is 3.44. The van der Waals surface area contributed by atoms with E-state index in [1.807, 2.05) is 0 Å². The van der Waals surface area contributed by atoms with Gasteiger partial charge < -0.3 is 9.64 Å². The van der Waals surface area contributed by atoms with Crippen LogP contribution in [0.5, 0.6) is 5.75 Å². The first-order valence-electron chi connectivity index (χ1n) is 5.77. The molecule has 2 heteroatoms. The lowest BCUT2D eigenvalue weighted by Gasteiger charge is -2.29. The van der Waals surface area contributed by atoms with Gasteiger partial charge >= 0.3 is 0 Å². The minimum absolute atomic E-state index is 0.809. The molecule has 1 saturated carbocycles. The molecule has 2 atom stereocenters. The molecule has 0 unspecified atom stereocenters. The highest BCUT2D eigenvalue weighted by atomic mass is 16.5. The highest BCUT2D eigenvalue weighted by molar-refractivity contribution is 5.51. The summed E-state index contributed by atoms with van der Waals surface area (Å²) in [5.74, 6) is 1.90. The highest BCUT2D eigenvalue weighted by Gasteiger charge is 2.37. The molecule has 0 spiro atoms. The molecule has 2 bridgehead atoms. The van der Waals surface area contributed by atoms with Crippen molar-refractivity contribution in [2.75, 3.05) is 18.6 Å². The van der Waals surface area contributed by atoms with E-state index in [9.17, 15) is 0 Å². The molecule has 2 nitrogen and oxygen atoms in total. The van der Waals surface area contributed by atoms with Crippen molar-refractivity contribution < 1.29 is 4.74 Å². The van der Waals surface area contributed by atoms with Crippen LogP contribution in [0.4, 0.5) is 5.69 Å². The zero-order valence-corrected chi connectivity index (χ0v) is 9.15. The fourth-order valence-electron chi connectivity index (χ4n) is 3.01. The number of fused-ring (bicyclic) bond motifs is 2. The fourth-order valence-corrected chi connectivity index (χ4v) is 3.01. The Morgan fingerprint density at radius 2 is 2.00 bits per heavy atom. The van der Waals surface area contributed by atoms with Crippen LogP contribution in [0, 0.1) is 5.92 Å². The number of hydrogen-bond donors (Lipinski definition) is 0. The first-order valence-corrected chi connectivity index (χ1v) is 5.77. The molecule has 1 aromatic rings. The summed E-state index contributed by atoms with van der Waals surface area (Å²) >= 11 is 0. The molecule has 1 aliphatic carbocycles. The molecule has 0 radical (unpaired) electrons. The van der Waals surface area contributed by atoms with E-state index in [4.69, 9.17) is 4.74 Å². The normalized spacial score (nSPS) is 28.5. The lowest BCUT2D eigenvalue weighted by Crippen LogP contribution is -2.31. The molecule has 1 aliphatic heterocycles. The molecule has 15 heavy (non-hydrogen) atoms. The van der Waals surface area contributed by atoms with Gasteiger partial charge in [0.25, 0.3) is 0 Å². The Bertz CT molecular complexity index is 346. The minimum Gasteiger partial charge on any atom is -0.497 e. The van der Waals surface area contributed by atoms with Crippen LogP contribution in [0.25, 0.3) is 0 Å². The largest absolute Gasteiger partial charge is 0.497 e. The zero-order chi connectivity index (χ0) is 10.3. The molecule has 2 fully saturated rings. The van der Waals surface area contributed by atoms with E-state index in [0.29, 0.717) is 0 Å².